The fourth-order valence-corrected chi connectivity index (χ4v) is 4.41. The molecule has 4 amide bonds. The van der Waals surface area contributed by atoms with Gasteiger partial charge in [-0.2, -0.15) is 5.26 Å². The number of urea groups is 1. The summed E-state index contributed by atoms with van der Waals surface area (Å²) in [4.78, 5) is 39.4. The Morgan fingerprint density at radius 3 is 2.51 bits per heavy atom. The Kier molecular flexibility index (Phi) is 7.70. The van der Waals surface area contributed by atoms with Crippen molar-refractivity contribution in [2.75, 3.05) is 11.5 Å². The molecular formula is C28H22BrN3O5. The largest absolute Gasteiger partial charge is 0.490 e. The van der Waals surface area contributed by atoms with Gasteiger partial charge in [0.1, 0.15) is 12.2 Å². The van der Waals surface area contributed by atoms with Crippen LogP contribution in [0.3, 0.4) is 0 Å². The summed E-state index contributed by atoms with van der Waals surface area (Å²) < 4.78 is 12.3. The highest BCUT2D eigenvalue weighted by Gasteiger charge is 2.37. The van der Waals surface area contributed by atoms with Crippen LogP contribution in [0.1, 0.15) is 29.2 Å². The molecule has 3 aromatic rings. The van der Waals surface area contributed by atoms with Gasteiger partial charge in [0.05, 0.1) is 28.4 Å². The van der Waals surface area contributed by atoms with Crippen LogP contribution in [0.4, 0.5) is 10.5 Å². The Morgan fingerprint density at radius 1 is 1.05 bits per heavy atom. The number of anilines is 1. The van der Waals surface area contributed by atoms with Crippen LogP contribution in [-0.4, -0.2) is 24.5 Å². The number of aryl methyl sites for hydroxylation is 1. The van der Waals surface area contributed by atoms with Gasteiger partial charge < -0.3 is 9.47 Å². The summed E-state index contributed by atoms with van der Waals surface area (Å²) in [5.74, 6) is -0.727. The maximum atomic E-state index is 13.3. The van der Waals surface area contributed by atoms with Crippen LogP contribution < -0.4 is 19.7 Å². The van der Waals surface area contributed by atoms with Crippen LogP contribution in [-0.2, 0) is 16.2 Å². The highest BCUT2D eigenvalue weighted by atomic mass is 79.9. The van der Waals surface area contributed by atoms with E-state index in [2.05, 4.69) is 27.3 Å². The highest BCUT2D eigenvalue weighted by molar-refractivity contribution is 9.10. The number of carbonyl (C=O) groups is 3. The number of ether oxygens (including phenoxy) is 2. The third-order valence-electron chi connectivity index (χ3n) is 5.61. The van der Waals surface area contributed by atoms with Crippen molar-refractivity contribution in [1.29, 1.82) is 5.26 Å². The monoisotopic (exact) mass is 559 g/mol. The van der Waals surface area contributed by atoms with Gasteiger partial charge >= 0.3 is 6.03 Å². The zero-order chi connectivity index (χ0) is 26.5. The molecule has 1 aliphatic heterocycles. The molecule has 1 saturated heterocycles. The van der Waals surface area contributed by atoms with E-state index >= 15 is 0 Å². The van der Waals surface area contributed by atoms with Gasteiger partial charge in [0, 0.05) is 5.56 Å². The highest BCUT2D eigenvalue weighted by Crippen LogP contribution is 2.38. The second-order valence-electron chi connectivity index (χ2n) is 8.06. The lowest BCUT2D eigenvalue weighted by Crippen LogP contribution is -2.54. The zero-order valence-electron chi connectivity index (χ0n) is 20.1. The van der Waals surface area contributed by atoms with E-state index < -0.39 is 17.8 Å². The molecular weight excluding hydrogens is 538 g/mol. The molecule has 1 heterocycles. The summed E-state index contributed by atoms with van der Waals surface area (Å²) in [6, 6.07) is 18.7. The summed E-state index contributed by atoms with van der Waals surface area (Å²) >= 11 is 3.49. The van der Waals surface area contributed by atoms with E-state index in [-0.39, 0.29) is 12.2 Å². The smallest absolute Gasteiger partial charge is 0.335 e. The quantitative estimate of drug-likeness (QED) is 0.312. The molecule has 0 aromatic heterocycles. The van der Waals surface area contributed by atoms with Crippen molar-refractivity contribution in [2.24, 2.45) is 0 Å². The van der Waals surface area contributed by atoms with Gasteiger partial charge in [0.25, 0.3) is 11.8 Å². The molecule has 0 spiro atoms. The van der Waals surface area contributed by atoms with E-state index in [1.807, 2.05) is 13.0 Å². The van der Waals surface area contributed by atoms with Crippen molar-refractivity contribution >= 4 is 45.5 Å². The number of amides is 4. The molecule has 0 radical (unpaired) electrons. The second kappa shape index (κ2) is 11.1. The van der Waals surface area contributed by atoms with Crippen LogP contribution in [0.5, 0.6) is 11.5 Å². The molecule has 0 aliphatic carbocycles. The first-order valence-electron chi connectivity index (χ1n) is 11.4. The lowest BCUT2D eigenvalue weighted by Gasteiger charge is -2.27. The Labute approximate surface area is 222 Å². The van der Waals surface area contributed by atoms with Crippen LogP contribution in [0, 0.1) is 18.3 Å². The molecule has 0 unspecified atom stereocenters. The van der Waals surface area contributed by atoms with Gasteiger partial charge in [-0.3, -0.25) is 14.9 Å². The predicted molar refractivity (Wildman–Crippen MR) is 141 cm³/mol. The number of benzene rings is 3. The minimum atomic E-state index is -0.806. The normalized spacial score (nSPS) is 14.4. The summed E-state index contributed by atoms with van der Waals surface area (Å²) in [5.41, 5.74) is 2.61. The Balaban J connectivity index is 1.68. The third kappa shape index (κ3) is 5.39. The van der Waals surface area contributed by atoms with Gasteiger partial charge in [-0.05, 0) is 71.2 Å². The molecule has 8 nitrogen and oxygen atoms in total. The number of hydrogen-bond acceptors (Lipinski definition) is 6. The lowest BCUT2D eigenvalue weighted by molar-refractivity contribution is -0.122. The Hall–Kier alpha value is -4.42. The predicted octanol–water partition coefficient (Wildman–Crippen LogP) is 5.27. The number of para-hydroxylation sites is 1. The number of imide groups is 2. The molecule has 3 aromatic carbocycles. The molecule has 0 bridgehead atoms. The van der Waals surface area contributed by atoms with Crippen LogP contribution in [0.15, 0.2) is 70.7 Å². The topological polar surface area (TPSA) is 109 Å². The molecule has 1 fully saturated rings. The lowest BCUT2D eigenvalue weighted by atomic mass is 10.1. The average molecular weight is 560 g/mol. The van der Waals surface area contributed by atoms with Crippen molar-refractivity contribution in [2.45, 2.75) is 20.5 Å². The number of barbiturate groups is 1. The standard InChI is InChI=1S/C28H22BrN3O5/c1-3-36-24-14-18(13-22(29)25(24)37-16-20-10-6-5-9-19(20)15-30)12-21-26(33)31-28(35)32(27(21)34)23-11-7-4-8-17(23)2/h4-14H,3,16H2,1-2H3,(H,31,33,35)/b21-12+. The van der Waals surface area contributed by atoms with Crippen molar-refractivity contribution in [3.05, 3.63) is 93.0 Å². The van der Waals surface area contributed by atoms with Crippen LogP contribution in [0.2, 0.25) is 0 Å². The first kappa shape index (κ1) is 25.7. The second-order valence-corrected chi connectivity index (χ2v) is 8.92. The number of nitrogens with zero attached hydrogens (tertiary/aromatic N) is 2. The number of hydrogen-bond donors (Lipinski definition) is 1. The molecule has 0 saturated carbocycles. The van der Waals surface area contributed by atoms with Crippen molar-refractivity contribution in [3.8, 4) is 17.6 Å². The van der Waals surface area contributed by atoms with Crippen molar-refractivity contribution in [3.63, 3.8) is 0 Å². The van der Waals surface area contributed by atoms with Crippen LogP contribution >= 0.6 is 15.9 Å². The number of nitriles is 1. The minimum Gasteiger partial charge on any atom is -0.490 e. The molecule has 9 heteroatoms. The summed E-state index contributed by atoms with van der Waals surface area (Å²) in [6.45, 7) is 4.07. The molecule has 1 aliphatic rings. The average Bonchev–Trinajstić information content (AvgIpc) is 2.87. The minimum absolute atomic E-state index is 0.136. The maximum absolute atomic E-state index is 13.3. The van der Waals surface area contributed by atoms with E-state index in [4.69, 9.17) is 9.47 Å². The SMILES string of the molecule is CCOc1cc(/C=C2\C(=O)NC(=O)N(c3ccccc3C)C2=O)cc(Br)c1OCc1ccccc1C#N. The summed E-state index contributed by atoms with van der Waals surface area (Å²) in [6.07, 6.45) is 1.40. The molecule has 1 N–H and O–H groups in total. The fraction of sp³-hybridized carbons (Fsp3) is 0.143. The Bertz CT molecular complexity index is 1470. The number of carbonyl (C=O) groups excluding carboxylic acids is 3. The summed E-state index contributed by atoms with van der Waals surface area (Å²) in [5, 5.41) is 11.6. The first-order valence-corrected chi connectivity index (χ1v) is 12.2. The number of nitrogens with one attached hydrogen (secondary N) is 1. The number of halogens is 1. The van der Waals surface area contributed by atoms with Gasteiger partial charge in [0.15, 0.2) is 11.5 Å². The van der Waals surface area contributed by atoms with Gasteiger partial charge in [-0.15, -0.1) is 0 Å². The van der Waals surface area contributed by atoms with E-state index in [1.54, 1.807) is 61.5 Å². The molecule has 4 rings (SSSR count). The fourth-order valence-electron chi connectivity index (χ4n) is 3.84. The zero-order valence-corrected chi connectivity index (χ0v) is 21.7. The Morgan fingerprint density at radius 2 is 1.78 bits per heavy atom. The van der Waals surface area contributed by atoms with Crippen LogP contribution in [0.25, 0.3) is 6.08 Å². The maximum Gasteiger partial charge on any atom is 0.335 e. The molecule has 186 valence electrons. The van der Waals surface area contributed by atoms with E-state index in [0.717, 1.165) is 10.5 Å². The van der Waals surface area contributed by atoms with E-state index in [9.17, 15) is 19.6 Å². The molecule has 37 heavy (non-hydrogen) atoms. The van der Waals surface area contributed by atoms with Gasteiger partial charge in [-0.25, -0.2) is 9.69 Å². The van der Waals surface area contributed by atoms with Gasteiger partial charge in [0.2, 0.25) is 0 Å². The van der Waals surface area contributed by atoms with Gasteiger partial charge in [-0.1, -0.05) is 36.4 Å². The van der Waals surface area contributed by atoms with Crippen molar-refractivity contribution < 1.29 is 23.9 Å². The third-order valence-corrected chi connectivity index (χ3v) is 6.20. The first-order chi connectivity index (χ1) is 17.8. The number of rotatable bonds is 7. The molecule has 0 atom stereocenters. The summed E-state index contributed by atoms with van der Waals surface area (Å²) in [7, 11) is 0. The van der Waals surface area contributed by atoms with E-state index in [0.29, 0.717) is 45.0 Å². The van der Waals surface area contributed by atoms with E-state index in [1.165, 1.54) is 6.08 Å². The van der Waals surface area contributed by atoms with Crippen molar-refractivity contribution in [1.82, 2.24) is 5.32 Å².